The first-order valence-corrected chi connectivity index (χ1v) is 9.55. The maximum absolute atomic E-state index is 5.94. The summed E-state index contributed by atoms with van der Waals surface area (Å²) in [4.78, 5) is 7.98. The van der Waals surface area contributed by atoms with Crippen molar-refractivity contribution < 1.29 is 4.74 Å². The van der Waals surface area contributed by atoms with Gasteiger partial charge in [-0.3, -0.25) is 0 Å². The van der Waals surface area contributed by atoms with Crippen molar-refractivity contribution in [2.75, 3.05) is 18.2 Å². The lowest BCUT2D eigenvalue weighted by molar-refractivity contribution is 0.417. The predicted octanol–water partition coefficient (Wildman–Crippen LogP) is 4.82. The van der Waals surface area contributed by atoms with Gasteiger partial charge in [-0.05, 0) is 44.2 Å². The number of thiophene rings is 1. The van der Waals surface area contributed by atoms with Crippen molar-refractivity contribution in [1.29, 1.82) is 0 Å². The van der Waals surface area contributed by atoms with E-state index in [9.17, 15) is 0 Å². The molecule has 2 aromatic rings. The molecule has 1 aromatic carbocycles. The number of rotatable bonds is 4. The smallest absolute Gasteiger partial charge is 0.144 e. The predicted molar refractivity (Wildman–Crippen MR) is 111 cm³/mol. The van der Waals surface area contributed by atoms with Crippen LogP contribution in [0.15, 0.2) is 34.8 Å². The lowest BCUT2D eigenvalue weighted by atomic mass is 9.94. The molecule has 132 valence electrons. The number of nitrogens with two attached hydrogens (primary N) is 1. The highest BCUT2D eigenvalue weighted by molar-refractivity contribution is 7.80. The lowest BCUT2D eigenvalue weighted by Crippen LogP contribution is -2.17. The minimum Gasteiger partial charge on any atom is -0.494 e. The topological polar surface area (TPSA) is 59.6 Å². The number of hydrogen-bond donors (Lipinski definition) is 3. The minimum atomic E-state index is 0.581. The molecule has 3 rings (SSSR count). The number of amidine groups is 1. The van der Waals surface area contributed by atoms with Crippen molar-refractivity contribution >= 4 is 41.2 Å². The normalized spacial score (nSPS) is 14.1. The van der Waals surface area contributed by atoms with Crippen LogP contribution in [0.4, 0.5) is 11.4 Å². The number of benzene rings is 1. The summed E-state index contributed by atoms with van der Waals surface area (Å²) in [5.41, 5.74) is 9.92. The van der Waals surface area contributed by atoms with Crippen LogP contribution in [0.3, 0.4) is 0 Å². The van der Waals surface area contributed by atoms with Gasteiger partial charge in [0, 0.05) is 38.2 Å². The molecule has 0 unspecified atom stereocenters. The fourth-order valence-electron chi connectivity index (χ4n) is 3.24. The molecular formula is C19H23N3OS2. The van der Waals surface area contributed by atoms with Gasteiger partial charge in [0.1, 0.15) is 11.6 Å². The Kier molecular flexibility index (Phi) is 5.39. The summed E-state index contributed by atoms with van der Waals surface area (Å²) in [6.07, 6.45) is 6.32. The zero-order valence-corrected chi connectivity index (χ0v) is 16.3. The van der Waals surface area contributed by atoms with Gasteiger partial charge in [-0.1, -0.05) is 6.58 Å². The number of aryl methyl sites for hydroxylation is 2. The van der Waals surface area contributed by atoms with Gasteiger partial charge in [-0.25, -0.2) is 4.99 Å². The zero-order chi connectivity index (χ0) is 18.0. The summed E-state index contributed by atoms with van der Waals surface area (Å²) in [6, 6.07) is 3.64. The van der Waals surface area contributed by atoms with E-state index in [4.69, 9.17) is 10.5 Å². The highest BCUT2D eigenvalue weighted by atomic mass is 32.1. The first kappa shape index (κ1) is 17.9. The SMILES string of the molecule is C=CN=C(Nc1cc(S)c(N)cc1OC)c1c(C)sc2c1CCCC2. The molecule has 6 heteroatoms. The largest absolute Gasteiger partial charge is 0.494 e. The second kappa shape index (κ2) is 7.54. The molecule has 1 heterocycles. The number of fused-ring (bicyclic) bond motifs is 1. The number of thiol groups is 1. The third kappa shape index (κ3) is 3.55. The summed E-state index contributed by atoms with van der Waals surface area (Å²) in [5, 5.41) is 3.42. The Morgan fingerprint density at radius 2 is 2.16 bits per heavy atom. The average Bonchev–Trinajstić information content (AvgIpc) is 2.93. The van der Waals surface area contributed by atoms with Crippen LogP contribution >= 0.6 is 24.0 Å². The molecule has 0 saturated carbocycles. The monoisotopic (exact) mass is 373 g/mol. The summed E-state index contributed by atoms with van der Waals surface area (Å²) in [6.45, 7) is 5.93. The molecule has 0 radical (unpaired) electrons. The van der Waals surface area contributed by atoms with E-state index < -0.39 is 0 Å². The van der Waals surface area contributed by atoms with E-state index in [0.717, 1.165) is 24.4 Å². The Bertz CT molecular complexity index is 840. The van der Waals surface area contributed by atoms with Gasteiger partial charge in [0.25, 0.3) is 0 Å². The maximum atomic E-state index is 5.94. The summed E-state index contributed by atoms with van der Waals surface area (Å²) in [5.74, 6) is 1.46. The van der Waals surface area contributed by atoms with Crippen LogP contribution in [-0.4, -0.2) is 12.9 Å². The van der Waals surface area contributed by atoms with E-state index in [-0.39, 0.29) is 0 Å². The quantitative estimate of drug-likeness (QED) is 0.312. The van der Waals surface area contributed by atoms with Gasteiger partial charge in [-0.2, -0.15) is 0 Å². The van der Waals surface area contributed by atoms with Crippen molar-refractivity contribution in [1.82, 2.24) is 0 Å². The van der Waals surface area contributed by atoms with E-state index in [1.165, 1.54) is 33.7 Å². The van der Waals surface area contributed by atoms with Crippen molar-refractivity contribution in [3.8, 4) is 5.75 Å². The van der Waals surface area contributed by atoms with Gasteiger partial charge < -0.3 is 15.8 Å². The Balaban J connectivity index is 2.05. The van der Waals surface area contributed by atoms with Gasteiger partial charge in [0.2, 0.25) is 0 Å². The van der Waals surface area contributed by atoms with Gasteiger partial charge in [-0.15, -0.1) is 24.0 Å². The molecule has 1 aliphatic carbocycles. The molecule has 0 fully saturated rings. The lowest BCUT2D eigenvalue weighted by Gasteiger charge is -2.17. The van der Waals surface area contributed by atoms with Crippen molar-refractivity contribution in [2.24, 2.45) is 4.99 Å². The van der Waals surface area contributed by atoms with E-state index in [1.54, 1.807) is 19.4 Å². The molecule has 4 nitrogen and oxygen atoms in total. The Morgan fingerprint density at radius 1 is 1.40 bits per heavy atom. The molecule has 0 bridgehead atoms. The standard InChI is InChI=1S/C19H23N3OS2/c1-4-21-19(18-11(2)25-17-8-6-5-7-12(17)18)22-14-10-16(24)13(20)9-15(14)23-3/h4,9-10,24H,1,5-8,20H2,2-3H3,(H,21,22). The van der Waals surface area contributed by atoms with Crippen LogP contribution in [0.2, 0.25) is 0 Å². The average molecular weight is 374 g/mol. The summed E-state index contributed by atoms with van der Waals surface area (Å²) < 4.78 is 5.47. The second-order valence-electron chi connectivity index (χ2n) is 6.04. The van der Waals surface area contributed by atoms with E-state index in [0.29, 0.717) is 16.3 Å². The highest BCUT2D eigenvalue weighted by Gasteiger charge is 2.23. The van der Waals surface area contributed by atoms with Crippen LogP contribution in [0.25, 0.3) is 0 Å². The van der Waals surface area contributed by atoms with Crippen molar-refractivity contribution in [2.45, 2.75) is 37.5 Å². The Labute approximate surface area is 158 Å². The van der Waals surface area contributed by atoms with E-state index >= 15 is 0 Å². The molecular weight excluding hydrogens is 350 g/mol. The van der Waals surface area contributed by atoms with Crippen LogP contribution in [0.1, 0.15) is 33.7 Å². The number of anilines is 2. The van der Waals surface area contributed by atoms with Crippen LogP contribution in [0.5, 0.6) is 5.75 Å². The molecule has 0 spiro atoms. The molecule has 25 heavy (non-hydrogen) atoms. The number of hydrogen-bond acceptors (Lipinski definition) is 5. The number of aliphatic imine (C=N–C) groups is 1. The first-order valence-electron chi connectivity index (χ1n) is 8.28. The van der Waals surface area contributed by atoms with Crippen molar-refractivity contribution in [3.05, 3.63) is 45.8 Å². The number of nitrogen functional groups attached to an aromatic ring is 1. The molecule has 0 atom stereocenters. The van der Waals surface area contributed by atoms with Gasteiger partial charge >= 0.3 is 0 Å². The maximum Gasteiger partial charge on any atom is 0.144 e. The van der Waals surface area contributed by atoms with Gasteiger partial charge in [0.15, 0.2) is 0 Å². The van der Waals surface area contributed by atoms with Crippen LogP contribution < -0.4 is 15.8 Å². The molecule has 0 amide bonds. The minimum absolute atomic E-state index is 0.581. The third-order valence-corrected chi connectivity index (χ3v) is 6.00. The van der Waals surface area contributed by atoms with Crippen LogP contribution in [-0.2, 0) is 12.8 Å². The molecule has 3 N–H and O–H groups in total. The third-order valence-electron chi connectivity index (χ3n) is 4.41. The molecule has 1 aliphatic rings. The second-order valence-corrected chi connectivity index (χ2v) is 7.83. The molecule has 1 aromatic heterocycles. The number of ether oxygens (including phenoxy) is 1. The van der Waals surface area contributed by atoms with Gasteiger partial charge in [0.05, 0.1) is 12.8 Å². The van der Waals surface area contributed by atoms with E-state index in [1.807, 2.05) is 17.4 Å². The van der Waals surface area contributed by atoms with E-state index in [2.05, 4.69) is 36.4 Å². The molecule has 0 aliphatic heterocycles. The fraction of sp³-hybridized carbons (Fsp3) is 0.316. The Morgan fingerprint density at radius 3 is 2.88 bits per heavy atom. The summed E-state index contributed by atoms with van der Waals surface area (Å²) >= 11 is 6.30. The first-order chi connectivity index (χ1) is 12.0. The fourth-order valence-corrected chi connectivity index (χ4v) is 4.70. The van der Waals surface area contributed by atoms with Crippen molar-refractivity contribution in [3.63, 3.8) is 0 Å². The molecule has 0 saturated heterocycles. The summed E-state index contributed by atoms with van der Waals surface area (Å²) in [7, 11) is 1.63. The zero-order valence-electron chi connectivity index (χ0n) is 14.6. The number of methoxy groups -OCH3 is 1. The number of nitrogens with one attached hydrogen (secondary N) is 1. The highest BCUT2D eigenvalue weighted by Crippen LogP contribution is 2.36. The van der Waals surface area contributed by atoms with Crippen LogP contribution in [0, 0.1) is 6.92 Å². The Hall–Kier alpha value is -1.92. The number of nitrogens with zero attached hydrogens (tertiary/aromatic N) is 1.